The molecule has 114 valence electrons. The summed E-state index contributed by atoms with van der Waals surface area (Å²) in [6, 6.07) is 1.58. The lowest BCUT2D eigenvalue weighted by atomic mass is 9.98. The molecule has 5 nitrogen and oxygen atoms in total. The summed E-state index contributed by atoms with van der Waals surface area (Å²) in [6.07, 6.45) is 1.82. The van der Waals surface area contributed by atoms with Gasteiger partial charge in [0.05, 0.1) is 6.61 Å². The molecule has 0 radical (unpaired) electrons. The van der Waals surface area contributed by atoms with E-state index >= 15 is 0 Å². The Morgan fingerprint density at radius 1 is 1.40 bits per heavy atom. The SMILES string of the molecule is CN(C)CC1CCN(S(=O)(=O)c2cc(CO)cs2)CC1. The van der Waals surface area contributed by atoms with E-state index < -0.39 is 10.0 Å². The van der Waals surface area contributed by atoms with Gasteiger partial charge in [0.1, 0.15) is 4.21 Å². The van der Waals surface area contributed by atoms with Crippen molar-refractivity contribution in [1.82, 2.24) is 9.21 Å². The van der Waals surface area contributed by atoms with Gasteiger partial charge in [0.15, 0.2) is 0 Å². The molecule has 1 N–H and O–H groups in total. The van der Waals surface area contributed by atoms with E-state index in [2.05, 4.69) is 4.90 Å². The van der Waals surface area contributed by atoms with Crippen molar-refractivity contribution in [2.24, 2.45) is 5.92 Å². The fraction of sp³-hybridized carbons (Fsp3) is 0.692. The average molecular weight is 318 g/mol. The van der Waals surface area contributed by atoms with Gasteiger partial charge >= 0.3 is 0 Å². The molecule has 0 spiro atoms. The maximum atomic E-state index is 12.5. The predicted octanol–water partition coefficient (Wildman–Crippen LogP) is 1.20. The van der Waals surface area contributed by atoms with Gasteiger partial charge in [-0.15, -0.1) is 11.3 Å². The first kappa shape index (κ1) is 15.9. The molecule has 0 unspecified atom stereocenters. The third-order valence-electron chi connectivity index (χ3n) is 3.60. The third-order valence-corrected chi connectivity index (χ3v) is 6.97. The van der Waals surface area contributed by atoms with Crippen molar-refractivity contribution in [2.45, 2.75) is 23.7 Å². The summed E-state index contributed by atoms with van der Waals surface area (Å²) < 4.78 is 26.9. The molecule has 1 aliphatic heterocycles. The van der Waals surface area contributed by atoms with E-state index in [9.17, 15) is 8.42 Å². The van der Waals surface area contributed by atoms with Gasteiger partial charge in [-0.05, 0) is 49.9 Å². The van der Waals surface area contributed by atoms with Crippen LogP contribution in [0.15, 0.2) is 15.7 Å². The molecule has 1 saturated heterocycles. The quantitative estimate of drug-likeness (QED) is 0.886. The van der Waals surface area contributed by atoms with Crippen LogP contribution in [0, 0.1) is 5.92 Å². The van der Waals surface area contributed by atoms with Crippen molar-refractivity contribution in [3.63, 3.8) is 0 Å². The molecule has 0 bridgehead atoms. The van der Waals surface area contributed by atoms with Crippen molar-refractivity contribution < 1.29 is 13.5 Å². The Morgan fingerprint density at radius 2 is 2.05 bits per heavy atom. The second kappa shape index (κ2) is 6.53. The van der Waals surface area contributed by atoms with Crippen molar-refractivity contribution in [3.8, 4) is 0 Å². The fourth-order valence-electron chi connectivity index (χ4n) is 2.55. The standard InChI is InChI=1S/C13H22N2O3S2/c1-14(2)8-11-3-5-15(6-4-11)20(17,18)13-7-12(9-16)10-19-13/h7,10-11,16H,3-6,8-9H2,1-2H3. The average Bonchev–Trinajstić information content (AvgIpc) is 2.88. The van der Waals surface area contributed by atoms with E-state index in [0.717, 1.165) is 19.4 Å². The Kier molecular flexibility index (Phi) is 5.19. The van der Waals surface area contributed by atoms with Gasteiger partial charge in [0, 0.05) is 19.6 Å². The summed E-state index contributed by atoms with van der Waals surface area (Å²) in [6.45, 7) is 2.08. The maximum absolute atomic E-state index is 12.5. The Bertz CT molecular complexity index is 532. The van der Waals surface area contributed by atoms with Gasteiger partial charge in [-0.2, -0.15) is 4.31 Å². The molecule has 1 aliphatic rings. The minimum atomic E-state index is -3.38. The van der Waals surface area contributed by atoms with Crippen LogP contribution < -0.4 is 0 Å². The highest BCUT2D eigenvalue weighted by molar-refractivity contribution is 7.91. The first-order valence-electron chi connectivity index (χ1n) is 6.76. The number of sulfonamides is 1. The van der Waals surface area contributed by atoms with Crippen LogP contribution in [-0.4, -0.2) is 56.5 Å². The molecule has 1 aromatic heterocycles. The zero-order valence-electron chi connectivity index (χ0n) is 11.9. The number of piperidine rings is 1. The van der Waals surface area contributed by atoms with E-state index in [1.165, 1.54) is 11.3 Å². The lowest BCUT2D eigenvalue weighted by molar-refractivity contribution is 0.225. The molecule has 1 aromatic rings. The van der Waals surface area contributed by atoms with Crippen LogP contribution in [0.25, 0.3) is 0 Å². The molecule has 1 fully saturated rings. The topological polar surface area (TPSA) is 60.9 Å². The minimum Gasteiger partial charge on any atom is -0.392 e. The summed E-state index contributed by atoms with van der Waals surface area (Å²) >= 11 is 1.19. The monoisotopic (exact) mass is 318 g/mol. The van der Waals surface area contributed by atoms with E-state index in [1.807, 2.05) is 14.1 Å². The largest absolute Gasteiger partial charge is 0.392 e. The number of thiophene rings is 1. The summed E-state index contributed by atoms with van der Waals surface area (Å²) in [7, 11) is 0.718. The molecule has 0 atom stereocenters. The van der Waals surface area contributed by atoms with Crippen molar-refractivity contribution >= 4 is 21.4 Å². The molecular weight excluding hydrogens is 296 g/mol. The molecule has 20 heavy (non-hydrogen) atoms. The maximum Gasteiger partial charge on any atom is 0.252 e. The van der Waals surface area contributed by atoms with Gasteiger partial charge in [0.25, 0.3) is 10.0 Å². The lowest BCUT2D eigenvalue weighted by Crippen LogP contribution is -2.40. The highest BCUT2D eigenvalue weighted by Crippen LogP contribution is 2.28. The van der Waals surface area contributed by atoms with E-state index in [1.54, 1.807) is 15.8 Å². The lowest BCUT2D eigenvalue weighted by Gasteiger charge is -2.32. The third kappa shape index (κ3) is 3.59. The second-order valence-corrected chi connectivity index (χ2v) is 8.62. The van der Waals surface area contributed by atoms with Gasteiger partial charge in [-0.25, -0.2) is 8.42 Å². The van der Waals surface area contributed by atoms with Gasteiger partial charge in [0.2, 0.25) is 0 Å². The normalized spacial score (nSPS) is 18.8. The zero-order chi connectivity index (χ0) is 14.8. The second-order valence-electron chi connectivity index (χ2n) is 5.54. The number of hydrogen-bond acceptors (Lipinski definition) is 5. The minimum absolute atomic E-state index is 0.114. The van der Waals surface area contributed by atoms with E-state index in [-0.39, 0.29) is 6.61 Å². The van der Waals surface area contributed by atoms with Crippen LogP contribution in [0.2, 0.25) is 0 Å². The Balaban J connectivity index is 2.02. The summed E-state index contributed by atoms with van der Waals surface area (Å²) in [5, 5.41) is 10.7. The van der Waals surface area contributed by atoms with Crippen molar-refractivity contribution in [3.05, 3.63) is 17.0 Å². The Hall–Kier alpha value is -0.470. The smallest absolute Gasteiger partial charge is 0.252 e. The molecule has 0 aromatic carbocycles. The van der Waals surface area contributed by atoms with E-state index in [0.29, 0.717) is 28.8 Å². The molecule has 0 aliphatic carbocycles. The number of aliphatic hydroxyl groups excluding tert-OH is 1. The Labute approximate surface area is 124 Å². The van der Waals surface area contributed by atoms with Crippen LogP contribution in [0.4, 0.5) is 0 Å². The summed E-state index contributed by atoms with van der Waals surface area (Å²) in [5.41, 5.74) is 0.663. The Morgan fingerprint density at radius 3 is 2.55 bits per heavy atom. The first-order chi connectivity index (χ1) is 9.43. The van der Waals surface area contributed by atoms with Crippen LogP contribution in [0.5, 0.6) is 0 Å². The number of hydrogen-bond donors (Lipinski definition) is 1. The number of rotatable bonds is 5. The summed E-state index contributed by atoms with van der Waals surface area (Å²) in [4.78, 5) is 2.15. The van der Waals surface area contributed by atoms with Crippen LogP contribution in [0.1, 0.15) is 18.4 Å². The molecule has 0 amide bonds. The van der Waals surface area contributed by atoms with Gasteiger partial charge in [-0.1, -0.05) is 0 Å². The van der Waals surface area contributed by atoms with Gasteiger partial charge in [-0.3, -0.25) is 0 Å². The van der Waals surface area contributed by atoms with Crippen LogP contribution in [-0.2, 0) is 16.6 Å². The predicted molar refractivity (Wildman–Crippen MR) is 80.3 cm³/mol. The fourth-order valence-corrected chi connectivity index (χ4v) is 5.37. The zero-order valence-corrected chi connectivity index (χ0v) is 13.6. The number of nitrogens with zero attached hydrogens (tertiary/aromatic N) is 2. The van der Waals surface area contributed by atoms with Gasteiger partial charge < -0.3 is 10.0 Å². The first-order valence-corrected chi connectivity index (χ1v) is 9.08. The highest BCUT2D eigenvalue weighted by atomic mass is 32.2. The summed E-state index contributed by atoms with van der Waals surface area (Å²) in [5.74, 6) is 0.577. The highest BCUT2D eigenvalue weighted by Gasteiger charge is 2.30. The molecular formula is C13H22N2O3S2. The van der Waals surface area contributed by atoms with Crippen LogP contribution >= 0.6 is 11.3 Å². The van der Waals surface area contributed by atoms with E-state index in [4.69, 9.17) is 5.11 Å². The molecule has 2 rings (SSSR count). The van der Waals surface area contributed by atoms with Crippen molar-refractivity contribution in [1.29, 1.82) is 0 Å². The van der Waals surface area contributed by atoms with Crippen LogP contribution in [0.3, 0.4) is 0 Å². The molecule has 7 heteroatoms. The van der Waals surface area contributed by atoms with Crippen molar-refractivity contribution in [2.75, 3.05) is 33.7 Å². The number of aliphatic hydroxyl groups is 1. The molecule has 2 heterocycles. The molecule has 0 saturated carbocycles.